The smallest absolute Gasteiger partial charge is 0.238 e. The zero-order chi connectivity index (χ0) is 21.1. The number of hydrogen-bond acceptors (Lipinski definition) is 6. The first kappa shape index (κ1) is 20.8. The first-order valence-corrected chi connectivity index (χ1v) is 10.9. The number of anilines is 2. The van der Waals surface area contributed by atoms with Crippen molar-refractivity contribution in [1.82, 2.24) is 25.2 Å². The van der Waals surface area contributed by atoms with Crippen LogP contribution in [0.5, 0.6) is 0 Å². The van der Waals surface area contributed by atoms with Crippen LogP contribution in [0.15, 0.2) is 34.9 Å². The van der Waals surface area contributed by atoms with E-state index in [1.54, 1.807) is 13.2 Å². The van der Waals surface area contributed by atoms with E-state index >= 15 is 0 Å². The van der Waals surface area contributed by atoms with Gasteiger partial charge in [-0.3, -0.25) is 4.79 Å². The fraction of sp³-hybridized carbons (Fsp3) is 0.381. The average Bonchev–Trinajstić information content (AvgIpc) is 3.17. The van der Waals surface area contributed by atoms with Gasteiger partial charge in [-0.05, 0) is 80.2 Å². The molecule has 4 N–H and O–H groups in total. The molecular weight excluding hydrogens is 446 g/mol. The quantitative estimate of drug-likeness (QED) is 0.441. The Morgan fingerprint density at radius 2 is 2.00 bits per heavy atom. The van der Waals surface area contributed by atoms with E-state index in [4.69, 9.17) is 0 Å². The zero-order valence-corrected chi connectivity index (χ0v) is 18.7. The number of carbonyl (C=O) groups is 1. The molecule has 1 amide bonds. The van der Waals surface area contributed by atoms with Crippen LogP contribution in [-0.2, 0) is 4.79 Å². The number of likely N-dealkylation sites (tertiary alicyclic amines) is 1. The molecule has 0 bridgehead atoms. The Morgan fingerprint density at radius 3 is 2.70 bits per heavy atom. The highest BCUT2D eigenvalue weighted by atomic mass is 79.9. The number of amides is 1. The Balaban J connectivity index is 1.56. The van der Waals surface area contributed by atoms with Crippen molar-refractivity contribution in [2.45, 2.75) is 18.9 Å². The molecule has 1 fully saturated rings. The summed E-state index contributed by atoms with van der Waals surface area (Å²) in [5, 5.41) is 9.37. The Labute approximate surface area is 184 Å². The third-order valence-electron chi connectivity index (χ3n) is 5.32. The molecule has 8 nitrogen and oxygen atoms in total. The summed E-state index contributed by atoms with van der Waals surface area (Å²) in [6.45, 7) is 2.46. The maximum Gasteiger partial charge on any atom is 0.238 e. The average molecular weight is 472 g/mol. The Bertz CT molecular complexity index is 1030. The van der Waals surface area contributed by atoms with Gasteiger partial charge in [-0.15, -0.1) is 0 Å². The molecule has 0 radical (unpaired) electrons. The number of halogens is 1. The van der Waals surface area contributed by atoms with Gasteiger partial charge in [0, 0.05) is 23.5 Å². The van der Waals surface area contributed by atoms with Crippen molar-refractivity contribution in [1.29, 1.82) is 0 Å². The molecule has 2 aromatic heterocycles. The summed E-state index contributed by atoms with van der Waals surface area (Å²) < 4.78 is 0.923. The molecule has 30 heavy (non-hydrogen) atoms. The van der Waals surface area contributed by atoms with E-state index in [0.717, 1.165) is 58.7 Å². The first-order chi connectivity index (χ1) is 14.5. The summed E-state index contributed by atoms with van der Waals surface area (Å²) in [4.78, 5) is 26.6. The molecule has 3 aromatic rings. The minimum atomic E-state index is -0.0762. The van der Waals surface area contributed by atoms with Gasteiger partial charge in [-0.2, -0.15) is 0 Å². The molecule has 158 valence electrons. The highest BCUT2D eigenvalue weighted by Crippen LogP contribution is 2.32. The van der Waals surface area contributed by atoms with E-state index in [0.29, 0.717) is 11.7 Å². The van der Waals surface area contributed by atoms with Crippen molar-refractivity contribution in [2.75, 3.05) is 44.4 Å². The van der Waals surface area contributed by atoms with Crippen molar-refractivity contribution < 1.29 is 4.79 Å². The number of pyridine rings is 1. The van der Waals surface area contributed by atoms with E-state index in [1.807, 2.05) is 24.3 Å². The standard InChI is InChI=1S/C21H26BrN7O/c1-23-12-17(30)25-14-5-3-13(4-6-14)20-27-19-18(16(22)11-24-21(19)28-20)26-15-7-9-29(2)10-8-15/h3-6,11,15,23H,7-10,12H2,1-2H3,(H,25,30)(H2,24,26,27,28). The van der Waals surface area contributed by atoms with Crippen LogP contribution in [0.3, 0.4) is 0 Å². The fourth-order valence-electron chi connectivity index (χ4n) is 3.65. The number of aromatic nitrogens is 3. The van der Waals surface area contributed by atoms with E-state index < -0.39 is 0 Å². The lowest BCUT2D eigenvalue weighted by molar-refractivity contribution is -0.115. The van der Waals surface area contributed by atoms with Crippen LogP contribution in [0, 0.1) is 0 Å². The molecule has 0 saturated carbocycles. The highest BCUT2D eigenvalue weighted by molar-refractivity contribution is 9.10. The summed E-state index contributed by atoms with van der Waals surface area (Å²) in [6, 6.07) is 8.04. The summed E-state index contributed by atoms with van der Waals surface area (Å²) in [6.07, 6.45) is 4.01. The number of H-pyrrole nitrogens is 1. The van der Waals surface area contributed by atoms with Gasteiger partial charge in [0.05, 0.1) is 16.7 Å². The Morgan fingerprint density at radius 1 is 1.27 bits per heavy atom. The maximum absolute atomic E-state index is 11.7. The van der Waals surface area contributed by atoms with Gasteiger partial charge in [0.1, 0.15) is 11.3 Å². The van der Waals surface area contributed by atoms with Crippen LogP contribution in [-0.4, -0.2) is 65.5 Å². The van der Waals surface area contributed by atoms with Crippen LogP contribution in [0.4, 0.5) is 11.4 Å². The lowest BCUT2D eigenvalue weighted by atomic mass is 10.1. The highest BCUT2D eigenvalue weighted by Gasteiger charge is 2.20. The van der Waals surface area contributed by atoms with Crippen molar-refractivity contribution in [3.8, 4) is 11.4 Å². The van der Waals surface area contributed by atoms with E-state index in [-0.39, 0.29) is 12.5 Å². The van der Waals surface area contributed by atoms with Gasteiger partial charge in [0.2, 0.25) is 5.91 Å². The first-order valence-electron chi connectivity index (χ1n) is 10.1. The summed E-state index contributed by atoms with van der Waals surface area (Å²) in [5.74, 6) is 0.669. The number of aromatic amines is 1. The molecule has 0 aliphatic carbocycles. The number of carbonyl (C=O) groups excluding carboxylic acids is 1. The van der Waals surface area contributed by atoms with Crippen molar-refractivity contribution in [3.05, 3.63) is 34.9 Å². The van der Waals surface area contributed by atoms with Gasteiger partial charge < -0.3 is 25.8 Å². The number of hydrogen-bond donors (Lipinski definition) is 4. The van der Waals surface area contributed by atoms with Crippen molar-refractivity contribution >= 4 is 44.4 Å². The maximum atomic E-state index is 11.7. The molecule has 3 heterocycles. The molecule has 4 rings (SSSR count). The minimum Gasteiger partial charge on any atom is -0.379 e. The number of piperidine rings is 1. The van der Waals surface area contributed by atoms with Crippen LogP contribution in [0.2, 0.25) is 0 Å². The third-order valence-corrected chi connectivity index (χ3v) is 5.92. The van der Waals surface area contributed by atoms with Crippen LogP contribution in [0.25, 0.3) is 22.6 Å². The second-order valence-electron chi connectivity index (χ2n) is 7.64. The second-order valence-corrected chi connectivity index (χ2v) is 8.50. The number of benzene rings is 1. The predicted octanol–water partition coefficient (Wildman–Crippen LogP) is 3.05. The number of nitrogens with zero attached hydrogens (tertiary/aromatic N) is 3. The summed E-state index contributed by atoms with van der Waals surface area (Å²) >= 11 is 3.64. The normalized spacial score (nSPS) is 15.4. The van der Waals surface area contributed by atoms with Crippen LogP contribution < -0.4 is 16.0 Å². The molecular formula is C21H26BrN7O. The van der Waals surface area contributed by atoms with Gasteiger partial charge >= 0.3 is 0 Å². The third kappa shape index (κ3) is 4.63. The number of rotatable bonds is 6. The topological polar surface area (TPSA) is 98.0 Å². The van der Waals surface area contributed by atoms with Gasteiger partial charge in [0.25, 0.3) is 0 Å². The van der Waals surface area contributed by atoms with Gasteiger partial charge in [0.15, 0.2) is 5.65 Å². The van der Waals surface area contributed by atoms with E-state index in [9.17, 15) is 4.79 Å². The van der Waals surface area contributed by atoms with E-state index in [1.165, 1.54) is 0 Å². The Hall–Kier alpha value is -2.49. The summed E-state index contributed by atoms with van der Waals surface area (Å²) in [5.41, 5.74) is 4.26. The van der Waals surface area contributed by atoms with Crippen molar-refractivity contribution in [2.24, 2.45) is 0 Å². The number of likely N-dealkylation sites (N-methyl/N-ethyl adjacent to an activating group) is 1. The lowest BCUT2D eigenvalue weighted by Crippen LogP contribution is -2.36. The van der Waals surface area contributed by atoms with E-state index in [2.05, 4.69) is 58.8 Å². The monoisotopic (exact) mass is 471 g/mol. The lowest BCUT2D eigenvalue weighted by Gasteiger charge is -2.30. The molecule has 1 aliphatic heterocycles. The zero-order valence-electron chi connectivity index (χ0n) is 17.1. The molecule has 0 spiro atoms. The van der Waals surface area contributed by atoms with Crippen molar-refractivity contribution in [3.63, 3.8) is 0 Å². The van der Waals surface area contributed by atoms with Crippen LogP contribution in [0.1, 0.15) is 12.8 Å². The fourth-order valence-corrected chi connectivity index (χ4v) is 4.06. The minimum absolute atomic E-state index is 0.0762. The predicted molar refractivity (Wildman–Crippen MR) is 124 cm³/mol. The molecule has 1 aromatic carbocycles. The number of fused-ring (bicyclic) bond motifs is 1. The molecule has 0 atom stereocenters. The Kier molecular flexibility index (Phi) is 6.31. The molecule has 1 aliphatic rings. The molecule has 9 heteroatoms. The van der Waals surface area contributed by atoms with Gasteiger partial charge in [-0.25, -0.2) is 9.97 Å². The molecule has 0 unspecified atom stereocenters. The SMILES string of the molecule is CNCC(=O)Nc1ccc(-c2nc3ncc(Br)c(NC4CCN(C)CC4)c3[nH]2)cc1. The number of imidazole rings is 1. The largest absolute Gasteiger partial charge is 0.379 e. The second kappa shape index (κ2) is 9.11. The van der Waals surface area contributed by atoms with Gasteiger partial charge in [-0.1, -0.05) is 0 Å². The molecule has 1 saturated heterocycles. The van der Waals surface area contributed by atoms with Crippen LogP contribution >= 0.6 is 15.9 Å². The number of nitrogens with one attached hydrogen (secondary N) is 4. The summed E-state index contributed by atoms with van der Waals surface area (Å²) in [7, 11) is 3.90.